The number of aryl methyl sites for hydroxylation is 1. The van der Waals surface area contributed by atoms with Gasteiger partial charge >= 0.3 is 0 Å². The number of benzene rings is 1. The van der Waals surface area contributed by atoms with Crippen LogP contribution in [0.2, 0.25) is 0 Å². The van der Waals surface area contributed by atoms with Crippen LogP contribution < -0.4 is 11.0 Å². The molecule has 0 radical (unpaired) electrons. The first-order valence-corrected chi connectivity index (χ1v) is 7.24. The maximum Gasteiger partial charge on any atom is 0.280 e. The van der Waals surface area contributed by atoms with Crippen molar-refractivity contribution in [2.45, 2.75) is 6.92 Å². The van der Waals surface area contributed by atoms with Gasteiger partial charge in [-0.3, -0.25) is 14.7 Å². The maximum absolute atomic E-state index is 12.4. The fourth-order valence-electron chi connectivity index (χ4n) is 2.06. The van der Waals surface area contributed by atoms with E-state index in [9.17, 15) is 9.59 Å². The number of H-pyrrole nitrogens is 1. The summed E-state index contributed by atoms with van der Waals surface area (Å²) in [5, 5.41) is 6.79. The van der Waals surface area contributed by atoms with Gasteiger partial charge in [0.1, 0.15) is 0 Å². The van der Waals surface area contributed by atoms with Gasteiger partial charge < -0.3 is 0 Å². The summed E-state index contributed by atoms with van der Waals surface area (Å²) >= 11 is 0. The first-order valence-electron chi connectivity index (χ1n) is 7.24. The predicted molar refractivity (Wildman–Crippen MR) is 96.0 cm³/mol. The van der Waals surface area contributed by atoms with E-state index in [1.54, 1.807) is 43.3 Å². The van der Waals surface area contributed by atoms with Crippen molar-refractivity contribution in [2.75, 3.05) is 0 Å². The van der Waals surface area contributed by atoms with Crippen LogP contribution in [0.15, 0.2) is 71.6 Å². The minimum absolute atomic E-state index is 0.293. The Morgan fingerprint density at radius 2 is 2.00 bits per heavy atom. The van der Waals surface area contributed by atoms with Crippen LogP contribution in [-0.2, 0) is 0 Å². The number of amides is 1. The molecule has 0 fully saturated rings. The van der Waals surface area contributed by atoms with Crippen LogP contribution in [0.1, 0.15) is 21.6 Å². The van der Waals surface area contributed by atoms with E-state index in [1.165, 1.54) is 17.0 Å². The number of aromatic nitrogens is 2. The number of nitrogens with one attached hydrogen (secondary N) is 2. The molecule has 1 heterocycles. The average Bonchev–Trinajstić information content (AvgIpc) is 2.88. The lowest BCUT2D eigenvalue weighted by molar-refractivity contribution is 0.0955. The molecule has 24 heavy (non-hydrogen) atoms. The van der Waals surface area contributed by atoms with Crippen molar-refractivity contribution >= 4 is 17.8 Å². The molecule has 6 nitrogen and oxygen atoms in total. The van der Waals surface area contributed by atoms with Crippen molar-refractivity contribution in [3.8, 4) is 0 Å². The topological polar surface area (TPSA) is 79.2 Å². The third-order valence-corrected chi connectivity index (χ3v) is 3.27. The maximum atomic E-state index is 12.4. The van der Waals surface area contributed by atoms with Crippen LogP contribution in [0.25, 0.3) is 5.70 Å². The molecule has 2 aromatic rings. The van der Waals surface area contributed by atoms with Crippen LogP contribution >= 0.6 is 0 Å². The highest BCUT2D eigenvalue weighted by Crippen LogP contribution is 2.05. The van der Waals surface area contributed by atoms with Crippen LogP contribution in [-0.4, -0.2) is 21.9 Å². The molecule has 2 rings (SSSR count). The van der Waals surface area contributed by atoms with Crippen molar-refractivity contribution in [2.24, 2.45) is 5.10 Å². The monoisotopic (exact) mass is 322 g/mol. The number of hydrogen-bond acceptors (Lipinski definition) is 3. The SMILES string of the molecule is C=C/C=C(\C=C)n1[nH]c(C)c(/C=N/NC(=O)c2ccccc2)c1=O. The summed E-state index contributed by atoms with van der Waals surface area (Å²) in [4.78, 5) is 24.3. The zero-order chi connectivity index (χ0) is 17.5. The van der Waals surface area contributed by atoms with Gasteiger partial charge in [-0.15, -0.1) is 0 Å². The molecule has 122 valence electrons. The molecule has 0 aliphatic heterocycles. The summed E-state index contributed by atoms with van der Waals surface area (Å²) in [6.45, 7) is 9.01. The summed E-state index contributed by atoms with van der Waals surface area (Å²) in [5.41, 5.74) is 4.12. The molecule has 0 saturated carbocycles. The number of nitrogens with zero attached hydrogens (tertiary/aromatic N) is 2. The summed E-state index contributed by atoms with van der Waals surface area (Å²) in [6.07, 6.45) is 6.08. The largest absolute Gasteiger partial charge is 0.295 e. The number of hydrazone groups is 1. The fourth-order valence-corrected chi connectivity index (χ4v) is 2.06. The van der Waals surface area contributed by atoms with Crippen LogP contribution in [0, 0.1) is 6.92 Å². The molecular weight excluding hydrogens is 304 g/mol. The highest BCUT2D eigenvalue weighted by molar-refractivity contribution is 5.94. The molecule has 0 aliphatic carbocycles. The third-order valence-electron chi connectivity index (χ3n) is 3.27. The van der Waals surface area contributed by atoms with Crippen molar-refractivity contribution in [1.29, 1.82) is 0 Å². The number of rotatable bonds is 6. The van der Waals surface area contributed by atoms with E-state index in [0.29, 0.717) is 22.5 Å². The summed E-state index contributed by atoms with van der Waals surface area (Å²) in [7, 11) is 0. The van der Waals surface area contributed by atoms with E-state index < -0.39 is 0 Å². The first kappa shape index (κ1) is 17.0. The Morgan fingerprint density at radius 3 is 2.62 bits per heavy atom. The molecular formula is C18H18N4O2. The van der Waals surface area contributed by atoms with E-state index >= 15 is 0 Å². The lowest BCUT2D eigenvalue weighted by Crippen LogP contribution is -2.20. The van der Waals surface area contributed by atoms with E-state index in [2.05, 4.69) is 28.8 Å². The minimum Gasteiger partial charge on any atom is -0.295 e. The molecule has 0 saturated heterocycles. The van der Waals surface area contributed by atoms with Crippen LogP contribution in [0.5, 0.6) is 0 Å². The van der Waals surface area contributed by atoms with Gasteiger partial charge in [-0.1, -0.05) is 37.4 Å². The standard InChI is InChI=1S/C18H18N4O2/c1-4-9-15(5-2)22-18(24)16(13(3)21-22)12-19-20-17(23)14-10-7-6-8-11-14/h4-12,21H,1-2H2,3H3,(H,20,23)/b15-9+,19-12+. The zero-order valence-electron chi connectivity index (χ0n) is 13.3. The van der Waals surface area contributed by atoms with E-state index in [0.717, 1.165) is 0 Å². The van der Waals surface area contributed by atoms with Gasteiger partial charge in [0.05, 0.1) is 17.5 Å². The number of carbonyl (C=O) groups excluding carboxylic acids is 1. The normalized spacial score (nSPS) is 11.5. The summed E-state index contributed by atoms with van der Waals surface area (Å²) < 4.78 is 1.34. The average molecular weight is 322 g/mol. The Kier molecular flexibility index (Phi) is 5.46. The second-order valence-electron chi connectivity index (χ2n) is 4.89. The van der Waals surface area contributed by atoms with Crippen molar-refractivity contribution < 1.29 is 4.79 Å². The van der Waals surface area contributed by atoms with Gasteiger partial charge in [-0.2, -0.15) is 5.10 Å². The Morgan fingerprint density at radius 1 is 1.29 bits per heavy atom. The molecule has 6 heteroatoms. The lowest BCUT2D eigenvalue weighted by Gasteiger charge is -2.00. The molecule has 0 aliphatic rings. The Labute approximate surface area is 139 Å². The predicted octanol–water partition coefficient (Wildman–Crippen LogP) is 2.46. The van der Waals surface area contributed by atoms with Crippen LogP contribution in [0.4, 0.5) is 0 Å². The molecule has 1 aromatic carbocycles. The summed E-state index contributed by atoms with van der Waals surface area (Å²) in [5.74, 6) is -0.348. The molecule has 2 N–H and O–H groups in total. The Bertz CT molecular complexity index is 870. The van der Waals surface area contributed by atoms with Crippen LogP contribution in [0.3, 0.4) is 0 Å². The second-order valence-corrected chi connectivity index (χ2v) is 4.89. The number of allylic oxidation sites excluding steroid dienone is 4. The zero-order valence-corrected chi connectivity index (χ0v) is 13.3. The molecule has 1 aromatic heterocycles. The smallest absolute Gasteiger partial charge is 0.280 e. The van der Waals surface area contributed by atoms with Gasteiger partial charge in [0.2, 0.25) is 0 Å². The molecule has 0 bridgehead atoms. The first-order chi connectivity index (χ1) is 11.6. The lowest BCUT2D eigenvalue weighted by atomic mass is 10.2. The number of hydrogen-bond donors (Lipinski definition) is 2. The quantitative estimate of drug-likeness (QED) is 0.487. The van der Waals surface area contributed by atoms with Gasteiger partial charge in [-0.25, -0.2) is 10.1 Å². The third kappa shape index (κ3) is 3.67. The van der Waals surface area contributed by atoms with Gasteiger partial charge in [0.15, 0.2) is 0 Å². The van der Waals surface area contributed by atoms with Gasteiger partial charge in [0, 0.05) is 11.3 Å². The Hall–Kier alpha value is -3.41. The van der Waals surface area contributed by atoms with E-state index in [1.807, 2.05) is 6.07 Å². The van der Waals surface area contributed by atoms with Crippen molar-refractivity contribution in [3.05, 3.63) is 88.9 Å². The molecule has 1 amide bonds. The van der Waals surface area contributed by atoms with Gasteiger partial charge in [0.25, 0.3) is 11.5 Å². The minimum atomic E-state index is -0.348. The van der Waals surface area contributed by atoms with Gasteiger partial charge in [-0.05, 0) is 31.2 Å². The molecule has 0 unspecified atom stereocenters. The number of aromatic amines is 1. The number of carbonyl (C=O) groups is 1. The van der Waals surface area contributed by atoms with E-state index in [4.69, 9.17) is 0 Å². The highest BCUT2D eigenvalue weighted by Gasteiger charge is 2.11. The molecule has 0 spiro atoms. The van der Waals surface area contributed by atoms with E-state index in [-0.39, 0.29) is 11.5 Å². The summed E-state index contributed by atoms with van der Waals surface area (Å²) in [6, 6.07) is 8.69. The molecule has 0 atom stereocenters. The fraction of sp³-hybridized carbons (Fsp3) is 0.0556. The second kappa shape index (κ2) is 7.73. The van der Waals surface area contributed by atoms with Crippen molar-refractivity contribution in [1.82, 2.24) is 15.2 Å². The Balaban J connectivity index is 2.22. The van der Waals surface area contributed by atoms with Crippen molar-refractivity contribution in [3.63, 3.8) is 0 Å². The highest BCUT2D eigenvalue weighted by atomic mass is 16.2.